The van der Waals surface area contributed by atoms with Crippen molar-refractivity contribution in [3.05, 3.63) is 83.3 Å². The number of rotatable bonds is 8. The third kappa shape index (κ3) is 5.28. The second-order valence-electron chi connectivity index (χ2n) is 7.59. The summed E-state index contributed by atoms with van der Waals surface area (Å²) in [6, 6.07) is 15.1. The minimum absolute atomic E-state index is 0.114. The molecule has 0 spiro atoms. The van der Waals surface area contributed by atoms with E-state index in [0.717, 1.165) is 28.4 Å². The Balaban J connectivity index is 1.48. The molecule has 3 heterocycles. The summed E-state index contributed by atoms with van der Waals surface area (Å²) in [5.41, 5.74) is 4.06. The lowest BCUT2D eigenvalue weighted by Crippen LogP contribution is -2.07. The first-order valence-corrected chi connectivity index (χ1v) is 10.9. The van der Waals surface area contributed by atoms with Gasteiger partial charge in [-0.25, -0.2) is 4.79 Å². The van der Waals surface area contributed by atoms with Gasteiger partial charge in [0.1, 0.15) is 17.4 Å². The molecule has 0 saturated carbocycles. The van der Waals surface area contributed by atoms with Gasteiger partial charge in [-0.2, -0.15) is 10.2 Å². The van der Waals surface area contributed by atoms with Crippen LogP contribution in [0.1, 0.15) is 29.8 Å². The minimum Gasteiger partial charge on any atom is -0.494 e. The summed E-state index contributed by atoms with van der Waals surface area (Å²) < 4.78 is 17.9. The number of ether oxygens (including phenoxy) is 2. The third-order valence-corrected chi connectivity index (χ3v) is 5.23. The molecule has 35 heavy (non-hydrogen) atoms. The van der Waals surface area contributed by atoms with Gasteiger partial charge in [0.2, 0.25) is 5.82 Å². The first-order valence-electron chi connectivity index (χ1n) is 10.9. The van der Waals surface area contributed by atoms with E-state index in [-0.39, 0.29) is 18.1 Å². The number of hydrogen-bond acceptors (Lipinski definition) is 8. The van der Waals surface area contributed by atoms with Gasteiger partial charge in [0.15, 0.2) is 6.61 Å². The molecule has 176 valence electrons. The van der Waals surface area contributed by atoms with Crippen LogP contribution in [0.4, 0.5) is 0 Å². The quantitative estimate of drug-likeness (QED) is 0.209. The summed E-state index contributed by atoms with van der Waals surface area (Å²) in [7, 11) is 0. The van der Waals surface area contributed by atoms with Crippen molar-refractivity contribution in [2.45, 2.75) is 27.4 Å². The summed E-state index contributed by atoms with van der Waals surface area (Å²) >= 11 is 0. The predicted molar refractivity (Wildman–Crippen MR) is 127 cm³/mol. The second kappa shape index (κ2) is 10.5. The van der Waals surface area contributed by atoms with Gasteiger partial charge in [-0.1, -0.05) is 5.16 Å². The van der Waals surface area contributed by atoms with E-state index in [0.29, 0.717) is 18.0 Å². The Kier molecular flexibility index (Phi) is 7.02. The highest BCUT2D eigenvalue weighted by atomic mass is 16.6. The number of aryl methyl sites for hydroxylation is 1. The van der Waals surface area contributed by atoms with Crippen molar-refractivity contribution in [1.82, 2.24) is 19.7 Å². The average Bonchev–Trinajstić information content (AvgIpc) is 3.46. The number of hydrogen-bond donors (Lipinski definition) is 0. The molecule has 1 aromatic carbocycles. The van der Waals surface area contributed by atoms with Gasteiger partial charge in [0.25, 0.3) is 5.89 Å². The van der Waals surface area contributed by atoms with E-state index < -0.39 is 5.97 Å². The van der Waals surface area contributed by atoms with Gasteiger partial charge in [0.05, 0.1) is 6.61 Å². The zero-order valence-corrected chi connectivity index (χ0v) is 19.6. The molecule has 0 radical (unpaired) electrons. The van der Waals surface area contributed by atoms with Crippen molar-refractivity contribution >= 4 is 12.0 Å². The van der Waals surface area contributed by atoms with E-state index in [2.05, 4.69) is 15.1 Å². The normalized spacial score (nSPS) is 11.2. The largest absolute Gasteiger partial charge is 0.494 e. The lowest BCUT2D eigenvalue weighted by Gasteiger charge is -2.11. The third-order valence-electron chi connectivity index (χ3n) is 5.23. The SMILES string of the molecule is CCOc1ccc(-n2c(C)cc(/C=C(\C#N)C(=O)OCc3nc(-c4cccnc4)no3)c2C)cc1. The minimum atomic E-state index is -0.778. The van der Waals surface area contributed by atoms with Crippen molar-refractivity contribution in [3.63, 3.8) is 0 Å². The number of nitriles is 1. The van der Waals surface area contributed by atoms with Crippen LogP contribution in [0.3, 0.4) is 0 Å². The average molecular weight is 470 g/mol. The van der Waals surface area contributed by atoms with Crippen LogP contribution in [-0.4, -0.2) is 32.3 Å². The van der Waals surface area contributed by atoms with E-state index in [1.165, 1.54) is 6.08 Å². The zero-order valence-electron chi connectivity index (χ0n) is 19.6. The summed E-state index contributed by atoms with van der Waals surface area (Å²) in [5, 5.41) is 13.4. The number of benzene rings is 1. The first-order chi connectivity index (χ1) is 17.0. The second-order valence-corrected chi connectivity index (χ2v) is 7.59. The van der Waals surface area contributed by atoms with Crippen molar-refractivity contribution in [1.29, 1.82) is 5.26 Å². The Hall–Kier alpha value is -4.71. The van der Waals surface area contributed by atoms with Gasteiger partial charge >= 0.3 is 5.97 Å². The molecular formula is C26H23N5O4. The molecular weight excluding hydrogens is 446 g/mol. The fraction of sp³-hybridized carbons (Fsp3) is 0.192. The molecule has 0 aliphatic rings. The Morgan fingerprint density at radius 2 is 2.03 bits per heavy atom. The highest BCUT2D eigenvalue weighted by molar-refractivity contribution is 5.98. The van der Waals surface area contributed by atoms with E-state index in [4.69, 9.17) is 14.0 Å². The van der Waals surface area contributed by atoms with E-state index in [1.54, 1.807) is 24.5 Å². The van der Waals surface area contributed by atoms with Crippen LogP contribution in [0.2, 0.25) is 0 Å². The standard InChI is InChI=1S/C26H23N5O4/c1-4-33-23-9-7-22(8-10-23)31-17(2)12-20(18(31)3)13-21(14-27)26(32)34-16-24-29-25(30-35-24)19-6-5-11-28-15-19/h5-13,15H,4,16H2,1-3H3/b21-13+. The molecule has 0 fully saturated rings. The molecule has 4 rings (SSSR count). The lowest BCUT2D eigenvalue weighted by atomic mass is 10.1. The monoisotopic (exact) mass is 469 g/mol. The number of esters is 1. The highest BCUT2D eigenvalue weighted by Crippen LogP contribution is 2.25. The van der Waals surface area contributed by atoms with Gasteiger partial charge in [0, 0.05) is 35.0 Å². The number of carbonyl (C=O) groups excluding carboxylic acids is 1. The molecule has 0 N–H and O–H groups in total. The highest BCUT2D eigenvalue weighted by Gasteiger charge is 2.17. The molecule has 0 saturated heterocycles. The van der Waals surface area contributed by atoms with Crippen LogP contribution in [0.15, 0.2) is 65.0 Å². The molecule has 0 atom stereocenters. The molecule has 0 unspecified atom stereocenters. The van der Waals surface area contributed by atoms with Crippen LogP contribution < -0.4 is 4.74 Å². The van der Waals surface area contributed by atoms with Crippen molar-refractivity contribution in [3.8, 4) is 28.9 Å². The molecule has 4 aromatic rings. The van der Waals surface area contributed by atoms with E-state index in [1.807, 2.05) is 61.7 Å². The lowest BCUT2D eigenvalue weighted by molar-refractivity contribution is -0.140. The number of nitrogens with zero attached hydrogens (tertiary/aromatic N) is 5. The maximum absolute atomic E-state index is 12.6. The molecule has 0 bridgehead atoms. The number of aromatic nitrogens is 4. The van der Waals surface area contributed by atoms with Crippen LogP contribution >= 0.6 is 0 Å². The maximum Gasteiger partial charge on any atom is 0.349 e. The molecule has 0 aliphatic heterocycles. The Bertz CT molecular complexity index is 1400. The molecule has 0 aliphatic carbocycles. The fourth-order valence-electron chi connectivity index (χ4n) is 3.61. The van der Waals surface area contributed by atoms with Crippen molar-refractivity contribution in [2.24, 2.45) is 0 Å². The summed E-state index contributed by atoms with van der Waals surface area (Å²) in [4.78, 5) is 20.8. The molecule has 3 aromatic heterocycles. The van der Waals surface area contributed by atoms with Crippen LogP contribution in [0, 0.1) is 25.2 Å². The van der Waals surface area contributed by atoms with Crippen LogP contribution in [0.5, 0.6) is 5.75 Å². The zero-order chi connectivity index (χ0) is 24.8. The van der Waals surface area contributed by atoms with Crippen LogP contribution in [0.25, 0.3) is 23.2 Å². The van der Waals surface area contributed by atoms with E-state index in [9.17, 15) is 10.1 Å². The van der Waals surface area contributed by atoms with Crippen LogP contribution in [-0.2, 0) is 16.1 Å². The van der Waals surface area contributed by atoms with Gasteiger partial charge in [-0.3, -0.25) is 4.98 Å². The van der Waals surface area contributed by atoms with Gasteiger partial charge < -0.3 is 18.6 Å². The Labute approximate surface area is 202 Å². The molecule has 9 heteroatoms. The summed E-state index contributed by atoms with van der Waals surface area (Å²) in [5.74, 6) is 0.465. The van der Waals surface area contributed by atoms with Gasteiger partial charge in [-0.15, -0.1) is 0 Å². The number of pyridine rings is 1. The summed E-state index contributed by atoms with van der Waals surface area (Å²) in [6.07, 6.45) is 4.75. The maximum atomic E-state index is 12.6. The van der Waals surface area contributed by atoms with Crippen molar-refractivity contribution in [2.75, 3.05) is 6.61 Å². The predicted octanol–water partition coefficient (Wildman–Crippen LogP) is 4.59. The topological polar surface area (TPSA) is 116 Å². The van der Waals surface area contributed by atoms with E-state index >= 15 is 0 Å². The Morgan fingerprint density at radius 1 is 1.23 bits per heavy atom. The molecule has 0 amide bonds. The van der Waals surface area contributed by atoms with Crippen molar-refractivity contribution < 1.29 is 18.8 Å². The fourth-order valence-corrected chi connectivity index (χ4v) is 3.61. The molecule has 9 nitrogen and oxygen atoms in total. The van der Waals surface area contributed by atoms with Gasteiger partial charge in [-0.05, 0) is 74.9 Å². The smallest absolute Gasteiger partial charge is 0.349 e. The number of carbonyl (C=O) groups is 1. The Morgan fingerprint density at radius 3 is 2.71 bits per heavy atom. The summed E-state index contributed by atoms with van der Waals surface area (Å²) in [6.45, 7) is 6.16. The first kappa shape index (κ1) is 23.4.